The third kappa shape index (κ3) is 1.70. The predicted molar refractivity (Wildman–Crippen MR) is 77.7 cm³/mol. The standard InChI is InChI=1S/C18H28O/c1-18-11-10-14-13-5-3-2-4-12(13)6-7-15(14)16(18)8-9-17(18)19/h4,13-17,19H,2-3,5-11H2,1H3/t13-,14+,15+,16-,17-,18+/m0/s1. The monoisotopic (exact) mass is 260 g/mol. The van der Waals surface area contributed by atoms with Crippen molar-refractivity contribution in [2.45, 2.75) is 70.8 Å². The fraction of sp³-hybridized carbons (Fsp3) is 0.889. The Morgan fingerprint density at radius 2 is 2.00 bits per heavy atom. The Bertz CT molecular complexity index is 398. The molecule has 4 rings (SSSR count). The van der Waals surface area contributed by atoms with Gasteiger partial charge in [-0.2, -0.15) is 0 Å². The van der Waals surface area contributed by atoms with E-state index in [1.54, 1.807) is 0 Å². The van der Waals surface area contributed by atoms with Crippen molar-refractivity contribution in [3.8, 4) is 0 Å². The zero-order valence-corrected chi connectivity index (χ0v) is 12.3. The molecular formula is C18H28O. The van der Waals surface area contributed by atoms with Gasteiger partial charge in [0.1, 0.15) is 0 Å². The van der Waals surface area contributed by atoms with E-state index in [2.05, 4.69) is 13.0 Å². The highest BCUT2D eigenvalue weighted by Gasteiger charge is 2.55. The van der Waals surface area contributed by atoms with E-state index in [1.807, 2.05) is 5.57 Å². The lowest BCUT2D eigenvalue weighted by atomic mass is 9.52. The fourth-order valence-corrected chi connectivity index (χ4v) is 6.28. The van der Waals surface area contributed by atoms with E-state index in [0.29, 0.717) is 0 Å². The van der Waals surface area contributed by atoms with Crippen LogP contribution >= 0.6 is 0 Å². The normalized spacial score (nSPS) is 52.9. The molecule has 3 saturated carbocycles. The van der Waals surface area contributed by atoms with Crippen molar-refractivity contribution in [1.29, 1.82) is 0 Å². The van der Waals surface area contributed by atoms with Crippen LogP contribution in [0, 0.1) is 29.1 Å². The van der Waals surface area contributed by atoms with Crippen LogP contribution in [0.2, 0.25) is 0 Å². The van der Waals surface area contributed by atoms with E-state index < -0.39 is 0 Å². The molecule has 106 valence electrons. The Balaban J connectivity index is 1.63. The number of aliphatic hydroxyl groups is 1. The molecule has 1 heteroatoms. The second-order valence-electron chi connectivity index (χ2n) is 7.93. The molecule has 0 aromatic rings. The number of hydrogen-bond acceptors (Lipinski definition) is 1. The van der Waals surface area contributed by atoms with E-state index >= 15 is 0 Å². The molecule has 4 aliphatic rings. The van der Waals surface area contributed by atoms with Gasteiger partial charge in [0, 0.05) is 0 Å². The van der Waals surface area contributed by atoms with E-state index in [-0.39, 0.29) is 11.5 Å². The third-order valence-corrected chi connectivity index (χ3v) is 7.33. The van der Waals surface area contributed by atoms with Crippen LogP contribution in [-0.2, 0) is 0 Å². The maximum Gasteiger partial charge on any atom is 0.0596 e. The molecule has 0 spiro atoms. The van der Waals surface area contributed by atoms with Crippen molar-refractivity contribution in [2.24, 2.45) is 29.1 Å². The van der Waals surface area contributed by atoms with Crippen LogP contribution < -0.4 is 0 Å². The van der Waals surface area contributed by atoms with Crippen molar-refractivity contribution >= 4 is 0 Å². The maximum absolute atomic E-state index is 10.4. The first-order valence-electron chi connectivity index (χ1n) is 8.57. The predicted octanol–water partition coefficient (Wildman–Crippen LogP) is 4.31. The molecule has 0 radical (unpaired) electrons. The van der Waals surface area contributed by atoms with Crippen molar-refractivity contribution in [1.82, 2.24) is 0 Å². The Morgan fingerprint density at radius 3 is 2.89 bits per heavy atom. The van der Waals surface area contributed by atoms with Crippen molar-refractivity contribution in [3.05, 3.63) is 11.6 Å². The van der Waals surface area contributed by atoms with Crippen LogP contribution in [0.15, 0.2) is 11.6 Å². The summed E-state index contributed by atoms with van der Waals surface area (Å²) in [4.78, 5) is 0. The average molecular weight is 260 g/mol. The lowest BCUT2D eigenvalue weighted by Crippen LogP contribution is -2.47. The topological polar surface area (TPSA) is 20.2 Å². The zero-order chi connectivity index (χ0) is 13.0. The number of allylic oxidation sites excluding steroid dienone is 2. The first-order valence-corrected chi connectivity index (χ1v) is 8.57. The Hall–Kier alpha value is -0.300. The molecule has 4 aliphatic carbocycles. The highest BCUT2D eigenvalue weighted by molar-refractivity contribution is 5.18. The summed E-state index contributed by atoms with van der Waals surface area (Å²) in [5.41, 5.74) is 2.08. The van der Waals surface area contributed by atoms with Crippen LogP contribution in [0.1, 0.15) is 64.7 Å². The summed E-state index contributed by atoms with van der Waals surface area (Å²) in [6.07, 6.45) is 14.6. The van der Waals surface area contributed by atoms with Gasteiger partial charge in [0.25, 0.3) is 0 Å². The SMILES string of the molecule is C[C@@]12CC[C@H]3[C@@H](CCC4=CCCC[C@@H]43)[C@@H]1CC[C@@H]2O. The van der Waals surface area contributed by atoms with Gasteiger partial charge in [-0.1, -0.05) is 18.6 Å². The summed E-state index contributed by atoms with van der Waals surface area (Å²) in [7, 11) is 0. The smallest absolute Gasteiger partial charge is 0.0596 e. The van der Waals surface area contributed by atoms with Gasteiger partial charge in [0.05, 0.1) is 6.10 Å². The second kappa shape index (κ2) is 4.35. The minimum absolute atomic E-state index is 0.0123. The van der Waals surface area contributed by atoms with Gasteiger partial charge in [-0.05, 0) is 86.9 Å². The van der Waals surface area contributed by atoms with Crippen molar-refractivity contribution in [2.75, 3.05) is 0 Å². The van der Waals surface area contributed by atoms with Gasteiger partial charge in [-0.15, -0.1) is 0 Å². The van der Waals surface area contributed by atoms with E-state index in [1.165, 1.54) is 51.4 Å². The van der Waals surface area contributed by atoms with Gasteiger partial charge in [-0.3, -0.25) is 0 Å². The molecule has 0 saturated heterocycles. The van der Waals surface area contributed by atoms with Crippen LogP contribution in [0.5, 0.6) is 0 Å². The second-order valence-corrected chi connectivity index (χ2v) is 7.93. The molecular weight excluding hydrogens is 232 g/mol. The minimum atomic E-state index is -0.0123. The summed E-state index contributed by atoms with van der Waals surface area (Å²) in [5.74, 6) is 3.64. The van der Waals surface area contributed by atoms with Crippen LogP contribution in [0.3, 0.4) is 0 Å². The largest absolute Gasteiger partial charge is 0.393 e. The summed E-state index contributed by atoms with van der Waals surface area (Å²) in [6, 6.07) is 0. The highest BCUT2D eigenvalue weighted by Crippen LogP contribution is 2.61. The molecule has 19 heavy (non-hydrogen) atoms. The molecule has 0 heterocycles. The Labute approximate surface area is 117 Å². The number of fused-ring (bicyclic) bond motifs is 5. The third-order valence-electron chi connectivity index (χ3n) is 7.33. The van der Waals surface area contributed by atoms with Gasteiger partial charge in [0.2, 0.25) is 0 Å². The molecule has 0 amide bonds. The van der Waals surface area contributed by atoms with Crippen molar-refractivity contribution in [3.63, 3.8) is 0 Å². The fourth-order valence-electron chi connectivity index (χ4n) is 6.28. The van der Waals surface area contributed by atoms with E-state index in [9.17, 15) is 5.11 Å². The number of aliphatic hydroxyl groups excluding tert-OH is 1. The van der Waals surface area contributed by atoms with Crippen LogP contribution in [0.4, 0.5) is 0 Å². The molecule has 6 atom stereocenters. The zero-order valence-electron chi connectivity index (χ0n) is 12.3. The first kappa shape index (κ1) is 12.4. The Morgan fingerprint density at radius 1 is 1.11 bits per heavy atom. The summed E-state index contributed by atoms with van der Waals surface area (Å²) in [5, 5.41) is 10.4. The highest BCUT2D eigenvalue weighted by atomic mass is 16.3. The van der Waals surface area contributed by atoms with Crippen LogP contribution in [0.25, 0.3) is 0 Å². The molecule has 0 bridgehead atoms. The van der Waals surface area contributed by atoms with Crippen molar-refractivity contribution < 1.29 is 5.11 Å². The molecule has 0 aromatic carbocycles. The van der Waals surface area contributed by atoms with E-state index in [0.717, 1.165) is 30.1 Å². The van der Waals surface area contributed by atoms with Gasteiger partial charge < -0.3 is 5.11 Å². The summed E-state index contributed by atoms with van der Waals surface area (Å²) >= 11 is 0. The molecule has 3 fully saturated rings. The minimum Gasteiger partial charge on any atom is -0.393 e. The number of rotatable bonds is 0. The molecule has 0 aliphatic heterocycles. The lowest BCUT2D eigenvalue weighted by Gasteiger charge is -2.53. The number of hydrogen-bond donors (Lipinski definition) is 1. The van der Waals surface area contributed by atoms with Crippen LogP contribution in [-0.4, -0.2) is 11.2 Å². The van der Waals surface area contributed by atoms with Gasteiger partial charge >= 0.3 is 0 Å². The maximum atomic E-state index is 10.4. The summed E-state index contributed by atoms with van der Waals surface area (Å²) in [6.45, 7) is 2.39. The lowest BCUT2D eigenvalue weighted by molar-refractivity contribution is -0.0533. The Kier molecular flexibility index (Phi) is 2.85. The molecule has 0 aromatic heterocycles. The molecule has 1 N–H and O–H groups in total. The molecule has 0 unspecified atom stereocenters. The summed E-state index contributed by atoms with van der Waals surface area (Å²) < 4.78 is 0. The quantitative estimate of drug-likeness (QED) is 0.643. The average Bonchev–Trinajstić information content (AvgIpc) is 2.75. The van der Waals surface area contributed by atoms with Gasteiger partial charge in [0.15, 0.2) is 0 Å². The first-order chi connectivity index (χ1) is 9.20. The van der Waals surface area contributed by atoms with Gasteiger partial charge in [-0.25, -0.2) is 0 Å². The van der Waals surface area contributed by atoms with E-state index in [4.69, 9.17) is 0 Å². The molecule has 1 nitrogen and oxygen atoms in total.